The lowest BCUT2D eigenvalue weighted by atomic mass is 10.0. The van der Waals surface area contributed by atoms with Crippen molar-refractivity contribution >= 4 is 11.6 Å². The van der Waals surface area contributed by atoms with Crippen LogP contribution in [0, 0.1) is 5.92 Å². The molecule has 1 heterocycles. The zero-order valence-electron chi connectivity index (χ0n) is 10.9. The highest BCUT2D eigenvalue weighted by molar-refractivity contribution is 5.94. The minimum absolute atomic E-state index is 0.104. The molecule has 19 heavy (non-hydrogen) atoms. The van der Waals surface area contributed by atoms with E-state index in [1.165, 1.54) is 4.80 Å². The van der Waals surface area contributed by atoms with E-state index in [1.807, 2.05) is 26.0 Å². The van der Waals surface area contributed by atoms with Crippen LogP contribution in [0.1, 0.15) is 13.8 Å². The van der Waals surface area contributed by atoms with Crippen molar-refractivity contribution in [1.82, 2.24) is 15.0 Å². The molecule has 1 amide bonds. The summed E-state index contributed by atoms with van der Waals surface area (Å²) in [4.78, 5) is 13.3. The topological polar surface area (TPSA) is 85.8 Å². The molecule has 0 aliphatic heterocycles. The minimum Gasteiger partial charge on any atom is -0.325 e. The summed E-state index contributed by atoms with van der Waals surface area (Å²) >= 11 is 0. The number of nitrogens with one attached hydrogen (secondary N) is 1. The van der Waals surface area contributed by atoms with Gasteiger partial charge in [0, 0.05) is 5.69 Å². The van der Waals surface area contributed by atoms with Crippen LogP contribution < -0.4 is 11.1 Å². The third kappa shape index (κ3) is 3.17. The Morgan fingerprint density at radius 2 is 1.79 bits per heavy atom. The van der Waals surface area contributed by atoms with Crippen LogP contribution >= 0.6 is 0 Å². The lowest BCUT2D eigenvalue weighted by molar-refractivity contribution is -0.118. The van der Waals surface area contributed by atoms with Crippen molar-refractivity contribution in [2.75, 3.05) is 5.32 Å². The smallest absolute Gasteiger partial charge is 0.241 e. The van der Waals surface area contributed by atoms with E-state index in [2.05, 4.69) is 15.5 Å². The van der Waals surface area contributed by atoms with Crippen LogP contribution in [0.2, 0.25) is 0 Å². The fourth-order valence-electron chi connectivity index (χ4n) is 1.56. The average Bonchev–Trinajstić information content (AvgIpc) is 2.92. The number of aromatic nitrogens is 3. The maximum Gasteiger partial charge on any atom is 0.241 e. The molecule has 0 bridgehead atoms. The predicted molar refractivity (Wildman–Crippen MR) is 72.8 cm³/mol. The summed E-state index contributed by atoms with van der Waals surface area (Å²) in [6, 6.07) is 6.74. The molecule has 6 nitrogen and oxygen atoms in total. The number of hydrogen-bond donors (Lipinski definition) is 2. The van der Waals surface area contributed by atoms with Gasteiger partial charge in [0.25, 0.3) is 0 Å². The first kappa shape index (κ1) is 13.2. The summed E-state index contributed by atoms with van der Waals surface area (Å²) in [5, 5.41) is 10.8. The highest BCUT2D eigenvalue weighted by Crippen LogP contribution is 2.12. The van der Waals surface area contributed by atoms with Crippen molar-refractivity contribution in [1.29, 1.82) is 0 Å². The molecule has 1 aromatic carbocycles. The van der Waals surface area contributed by atoms with Gasteiger partial charge in [-0.1, -0.05) is 13.8 Å². The Balaban J connectivity index is 2.05. The van der Waals surface area contributed by atoms with Crippen molar-refractivity contribution in [2.24, 2.45) is 11.7 Å². The van der Waals surface area contributed by atoms with Gasteiger partial charge in [-0.15, -0.1) is 0 Å². The first-order chi connectivity index (χ1) is 9.08. The van der Waals surface area contributed by atoms with Gasteiger partial charge in [0.05, 0.1) is 24.1 Å². The van der Waals surface area contributed by atoms with Gasteiger partial charge in [-0.3, -0.25) is 4.79 Å². The third-order valence-electron chi connectivity index (χ3n) is 2.81. The lowest BCUT2D eigenvalue weighted by Crippen LogP contribution is -2.39. The second-order valence-corrected chi connectivity index (χ2v) is 4.62. The van der Waals surface area contributed by atoms with E-state index in [1.54, 1.807) is 24.5 Å². The van der Waals surface area contributed by atoms with Crippen LogP contribution in [-0.4, -0.2) is 26.9 Å². The standard InChI is InChI=1S/C13H17N5O/c1-9(2)12(14)13(19)17-10-3-5-11(6-4-10)18-15-7-8-16-18/h3-9,12H,14H2,1-2H3,(H,17,19). The summed E-state index contributed by atoms with van der Waals surface area (Å²) in [5.74, 6) is -0.0764. The Labute approximate surface area is 111 Å². The van der Waals surface area contributed by atoms with E-state index in [4.69, 9.17) is 5.73 Å². The molecule has 6 heteroatoms. The molecule has 1 aromatic heterocycles. The number of carbonyl (C=O) groups excluding carboxylic acids is 1. The Kier molecular flexibility index (Phi) is 3.91. The second kappa shape index (κ2) is 5.62. The van der Waals surface area contributed by atoms with Crippen molar-refractivity contribution in [3.05, 3.63) is 36.7 Å². The maximum atomic E-state index is 11.8. The molecule has 3 N–H and O–H groups in total. The van der Waals surface area contributed by atoms with Crippen molar-refractivity contribution < 1.29 is 4.79 Å². The number of anilines is 1. The van der Waals surface area contributed by atoms with Gasteiger partial charge >= 0.3 is 0 Å². The molecule has 1 atom stereocenters. The second-order valence-electron chi connectivity index (χ2n) is 4.62. The van der Waals surface area contributed by atoms with E-state index in [0.29, 0.717) is 5.69 Å². The van der Waals surface area contributed by atoms with E-state index in [9.17, 15) is 4.79 Å². The summed E-state index contributed by atoms with van der Waals surface area (Å²) < 4.78 is 0. The van der Waals surface area contributed by atoms with Gasteiger partial charge in [-0.05, 0) is 30.2 Å². The summed E-state index contributed by atoms with van der Waals surface area (Å²) in [5.41, 5.74) is 7.31. The van der Waals surface area contributed by atoms with Gasteiger partial charge < -0.3 is 11.1 Å². The van der Waals surface area contributed by atoms with Crippen LogP contribution in [0.15, 0.2) is 36.7 Å². The minimum atomic E-state index is -0.507. The normalized spacial score (nSPS) is 12.4. The fourth-order valence-corrected chi connectivity index (χ4v) is 1.56. The molecule has 0 saturated carbocycles. The van der Waals surface area contributed by atoms with E-state index < -0.39 is 6.04 Å². The Hall–Kier alpha value is -2.21. The number of benzene rings is 1. The monoisotopic (exact) mass is 259 g/mol. The van der Waals surface area contributed by atoms with Crippen LogP contribution in [0.4, 0.5) is 5.69 Å². The lowest BCUT2D eigenvalue weighted by Gasteiger charge is -2.15. The molecule has 0 radical (unpaired) electrons. The van der Waals surface area contributed by atoms with Crippen LogP contribution in [0.3, 0.4) is 0 Å². The quantitative estimate of drug-likeness (QED) is 0.863. The first-order valence-electron chi connectivity index (χ1n) is 6.11. The molecule has 0 aliphatic rings. The van der Waals surface area contributed by atoms with Gasteiger partial charge in [-0.25, -0.2) is 0 Å². The summed E-state index contributed by atoms with van der Waals surface area (Å²) in [6.45, 7) is 3.83. The molecule has 2 rings (SSSR count). The number of rotatable bonds is 4. The molecule has 1 unspecified atom stereocenters. The van der Waals surface area contributed by atoms with Crippen LogP contribution in [-0.2, 0) is 4.79 Å². The van der Waals surface area contributed by atoms with Crippen molar-refractivity contribution in [2.45, 2.75) is 19.9 Å². The fraction of sp³-hybridized carbons (Fsp3) is 0.308. The molecule has 0 saturated heterocycles. The van der Waals surface area contributed by atoms with Crippen molar-refractivity contribution in [3.8, 4) is 5.69 Å². The van der Waals surface area contributed by atoms with Gasteiger partial charge in [-0.2, -0.15) is 15.0 Å². The Bertz CT molecular complexity index is 533. The summed E-state index contributed by atoms with van der Waals surface area (Å²) in [6.07, 6.45) is 3.22. The largest absolute Gasteiger partial charge is 0.325 e. The van der Waals surface area contributed by atoms with Gasteiger partial charge in [0.1, 0.15) is 0 Å². The molecular weight excluding hydrogens is 242 g/mol. The van der Waals surface area contributed by atoms with Crippen LogP contribution in [0.25, 0.3) is 5.69 Å². The number of nitrogens with zero attached hydrogens (tertiary/aromatic N) is 3. The molecule has 0 aliphatic carbocycles. The summed E-state index contributed by atoms with van der Waals surface area (Å²) in [7, 11) is 0. The predicted octanol–water partition coefficient (Wildman–Crippen LogP) is 1.19. The SMILES string of the molecule is CC(C)C(N)C(=O)Nc1ccc(-n2nccn2)cc1. The zero-order valence-corrected chi connectivity index (χ0v) is 10.9. The van der Waals surface area contributed by atoms with Crippen molar-refractivity contribution in [3.63, 3.8) is 0 Å². The van der Waals surface area contributed by atoms with Crippen LogP contribution in [0.5, 0.6) is 0 Å². The number of carbonyl (C=O) groups is 1. The van der Waals surface area contributed by atoms with E-state index in [0.717, 1.165) is 5.69 Å². The number of amides is 1. The molecule has 0 spiro atoms. The highest BCUT2D eigenvalue weighted by Gasteiger charge is 2.16. The molecule has 0 fully saturated rings. The molecular formula is C13H17N5O. The first-order valence-corrected chi connectivity index (χ1v) is 6.11. The van der Waals surface area contributed by atoms with Gasteiger partial charge in [0.2, 0.25) is 5.91 Å². The molecule has 2 aromatic rings. The third-order valence-corrected chi connectivity index (χ3v) is 2.81. The zero-order chi connectivity index (χ0) is 13.8. The van der Waals surface area contributed by atoms with E-state index >= 15 is 0 Å². The maximum absolute atomic E-state index is 11.8. The Morgan fingerprint density at radius 3 is 2.32 bits per heavy atom. The number of nitrogens with two attached hydrogens (primary N) is 1. The van der Waals surface area contributed by atoms with Gasteiger partial charge in [0.15, 0.2) is 0 Å². The average molecular weight is 259 g/mol. The number of hydrogen-bond acceptors (Lipinski definition) is 4. The highest BCUT2D eigenvalue weighted by atomic mass is 16.2. The van der Waals surface area contributed by atoms with E-state index in [-0.39, 0.29) is 11.8 Å². The molecule has 100 valence electrons. The Morgan fingerprint density at radius 1 is 1.21 bits per heavy atom.